The summed E-state index contributed by atoms with van der Waals surface area (Å²) in [5, 5.41) is 2.93. The van der Waals surface area contributed by atoms with Gasteiger partial charge in [0.15, 0.2) is 0 Å². The van der Waals surface area contributed by atoms with Gasteiger partial charge in [-0.1, -0.05) is 32.0 Å². The molecule has 1 fully saturated rings. The molecule has 124 valence electrons. The van der Waals surface area contributed by atoms with Gasteiger partial charge in [-0.2, -0.15) is 12.1 Å². The molecule has 3 atom stereocenters. The monoisotopic (exact) mass is 510 g/mol. The Hall–Kier alpha value is 0.868. The van der Waals surface area contributed by atoms with Gasteiger partial charge in [-0.3, -0.25) is 4.57 Å². The van der Waals surface area contributed by atoms with Gasteiger partial charge in [0.05, 0.1) is 0 Å². The summed E-state index contributed by atoms with van der Waals surface area (Å²) in [6.07, 6.45) is 2.40. The van der Waals surface area contributed by atoms with Crippen molar-refractivity contribution >= 4 is 15.2 Å². The smallest absolute Gasteiger partial charge is 0.780 e. The molecule has 1 aliphatic rings. The minimum atomic E-state index is -4.51. The summed E-state index contributed by atoms with van der Waals surface area (Å²) in [5.41, 5.74) is 14.6. The fourth-order valence-corrected chi connectivity index (χ4v) is 2.30. The molecule has 0 aromatic heterocycles. The second kappa shape index (κ2) is 10.6. The molecule has 0 saturated heterocycles. The van der Waals surface area contributed by atoms with Gasteiger partial charge in [0.25, 0.3) is 0 Å². The predicted octanol–water partition coefficient (Wildman–Crippen LogP) is 1.40. The normalized spacial score (nSPS) is 25.7. The van der Waals surface area contributed by atoms with Crippen LogP contribution < -0.4 is 4.89 Å². The zero-order valence-electron chi connectivity index (χ0n) is 10.6. The van der Waals surface area contributed by atoms with Crippen LogP contribution in [-0.4, -0.2) is 39.3 Å². The van der Waals surface area contributed by atoms with Gasteiger partial charge in [-0.15, -0.1) is 0 Å². The summed E-state index contributed by atoms with van der Waals surface area (Å²) in [7, 11) is -8.80. The van der Waals surface area contributed by atoms with Crippen molar-refractivity contribution in [3.8, 4) is 0 Å². The SMILES string of the molecule is O=P([O-])(O)C[N-]CP(=O)(O)O.[NH-][C@@H]1CCCC[C@@H]1[NH-].[Pt+2]. The maximum Gasteiger partial charge on any atom is 2.00 e. The summed E-state index contributed by atoms with van der Waals surface area (Å²) >= 11 is 0. The maximum atomic E-state index is 10.0. The molecule has 12 heteroatoms. The third-order valence-electron chi connectivity index (χ3n) is 2.33. The fraction of sp³-hybridized carbons (Fsp3) is 1.00. The topological polar surface area (TPSA) is 180 Å². The van der Waals surface area contributed by atoms with Crippen LogP contribution in [0.25, 0.3) is 16.8 Å². The van der Waals surface area contributed by atoms with E-state index in [9.17, 15) is 14.0 Å². The van der Waals surface area contributed by atoms with Gasteiger partial charge in [-0.05, 0) is 6.29 Å². The zero-order chi connectivity index (χ0) is 15.1. The van der Waals surface area contributed by atoms with Gasteiger partial charge in [0, 0.05) is 0 Å². The van der Waals surface area contributed by atoms with E-state index in [1.165, 1.54) is 12.8 Å². The number of nitrogens with one attached hydrogen (secondary N) is 2. The molecule has 0 aromatic carbocycles. The van der Waals surface area contributed by atoms with Crippen LogP contribution in [0, 0.1) is 0 Å². The largest absolute Gasteiger partial charge is 2.00 e. The molecule has 1 rings (SSSR count). The molecule has 5 N–H and O–H groups in total. The van der Waals surface area contributed by atoms with E-state index in [2.05, 4.69) is 5.32 Å². The van der Waals surface area contributed by atoms with Crippen LogP contribution >= 0.6 is 15.2 Å². The fourth-order valence-electron chi connectivity index (χ4n) is 1.43. The summed E-state index contributed by atoms with van der Waals surface area (Å²) in [6.45, 7) is 0. The Labute approximate surface area is 132 Å². The molecular weight excluding hydrogens is 491 g/mol. The second-order valence-electron chi connectivity index (χ2n) is 4.31. The first kappa shape index (κ1) is 23.1. The molecule has 9 nitrogen and oxygen atoms in total. The molecule has 0 aromatic rings. The van der Waals surface area contributed by atoms with Crippen LogP contribution in [0.2, 0.25) is 0 Å². The molecular formula is C8H19N3O6P2Pt-2. The van der Waals surface area contributed by atoms with Gasteiger partial charge in [0.1, 0.15) is 7.60 Å². The van der Waals surface area contributed by atoms with Crippen LogP contribution in [0.4, 0.5) is 0 Å². The summed E-state index contributed by atoms with van der Waals surface area (Å²) in [6, 6.07) is -0.160. The van der Waals surface area contributed by atoms with Crippen molar-refractivity contribution in [2.45, 2.75) is 37.8 Å². The Morgan fingerprint density at radius 1 is 1.05 bits per heavy atom. The quantitative estimate of drug-likeness (QED) is 0.481. The first-order valence-corrected chi connectivity index (χ1v) is 9.20. The summed E-state index contributed by atoms with van der Waals surface area (Å²) in [4.78, 5) is 34.3. The molecule has 0 bridgehead atoms. The van der Waals surface area contributed by atoms with Gasteiger partial charge in [0.2, 0.25) is 0 Å². The van der Waals surface area contributed by atoms with Gasteiger partial charge >= 0.3 is 28.7 Å². The Morgan fingerprint density at radius 2 is 1.45 bits per heavy atom. The van der Waals surface area contributed by atoms with Crippen molar-refractivity contribution in [1.82, 2.24) is 0 Å². The van der Waals surface area contributed by atoms with E-state index in [0.717, 1.165) is 12.8 Å². The van der Waals surface area contributed by atoms with E-state index in [1.807, 2.05) is 0 Å². The van der Waals surface area contributed by atoms with Crippen molar-refractivity contribution < 1.29 is 49.8 Å². The number of nitrogens with zero attached hydrogens (tertiary/aromatic N) is 1. The minimum Gasteiger partial charge on any atom is -0.780 e. The van der Waals surface area contributed by atoms with Gasteiger partial charge < -0.3 is 40.9 Å². The standard InChI is InChI=1S/C6H12N2.C2H8NO6P2.Pt/c7-5-3-1-2-4-6(5)8;4-10(5,6)1-3-2-11(7,8)9;/h5-8H,1-4H2;1-2H2,(H2,4,5,6)(H2,7,8,9);/q-2;-1;+2/p-1/t5-,6+;;. The van der Waals surface area contributed by atoms with Crippen LogP contribution in [0.15, 0.2) is 0 Å². The van der Waals surface area contributed by atoms with E-state index in [-0.39, 0.29) is 33.1 Å². The van der Waals surface area contributed by atoms with E-state index in [1.54, 1.807) is 0 Å². The Morgan fingerprint density at radius 3 is 1.70 bits per heavy atom. The molecule has 1 unspecified atom stereocenters. The first-order valence-electron chi connectivity index (χ1n) is 5.64. The molecule has 1 aliphatic carbocycles. The summed E-state index contributed by atoms with van der Waals surface area (Å²) < 4.78 is 20.0. The number of rotatable bonds is 4. The maximum absolute atomic E-state index is 10.0. The minimum absolute atomic E-state index is 0. The Balaban J connectivity index is 0. The zero-order valence-corrected chi connectivity index (χ0v) is 14.7. The first-order chi connectivity index (χ1) is 8.51. The van der Waals surface area contributed by atoms with Crippen LogP contribution in [0.1, 0.15) is 25.7 Å². The molecule has 0 spiro atoms. The van der Waals surface area contributed by atoms with Gasteiger partial charge in [-0.25, -0.2) is 0 Å². The third-order valence-corrected chi connectivity index (χ3v) is 3.45. The molecule has 0 amide bonds. The van der Waals surface area contributed by atoms with Crippen molar-refractivity contribution in [1.29, 1.82) is 0 Å². The van der Waals surface area contributed by atoms with Crippen molar-refractivity contribution in [3.05, 3.63) is 16.8 Å². The Kier molecular flexibility index (Phi) is 12.2. The molecule has 0 radical (unpaired) electrons. The van der Waals surface area contributed by atoms with Crippen LogP contribution in [0.3, 0.4) is 0 Å². The van der Waals surface area contributed by atoms with Crippen LogP contribution in [-0.2, 0) is 30.2 Å². The van der Waals surface area contributed by atoms with E-state index < -0.39 is 27.8 Å². The predicted molar refractivity (Wildman–Crippen MR) is 69.6 cm³/mol. The van der Waals surface area contributed by atoms with Crippen molar-refractivity contribution in [2.75, 3.05) is 12.6 Å². The third kappa shape index (κ3) is 15.3. The van der Waals surface area contributed by atoms with Crippen molar-refractivity contribution in [3.63, 3.8) is 0 Å². The van der Waals surface area contributed by atoms with Crippen LogP contribution in [0.5, 0.6) is 0 Å². The van der Waals surface area contributed by atoms with E-state index in [0.29, 0.717) is 0 Å². The average molecular weight is 510 g/mol. The van der Waals surface area contributed by atoms with E-state index >= 15 is 0 Å². The molecule has 0 aliphatic heterocycles. The number of hydrogen-bond donors (Lipinski definition) is 3. The molecule has 20 heavy (non-hydrogen) atoms. The second-order valence-corrected chi connectivity index (χ2v) is 7.48. The van der Waals surface area contributed by atoms with Crippen molar-refractivity contribution in [2.24, 2.45) is 0 Å². The molecule has 0 heterocycles. The summed E-state index contributed by atoms with van der Waals surface area (Å²) in [5.74, 6) is 0. The number of hydrogen-bond acceptors (Lipinski definition) is 3. The van der Waals surface area contributed by atoms with E-state index in [4.69, 9.17) is 26.1 Å². The average Bonchev–Trinajstić information content (AvgIpc) is 2.19. The Bertz CT molecular complexity index is 317. The molecule has 1 saturated carbocycles.